The standard InChI is InChI=1S/C14H12O4S/c15-9-2-4-14-12(6-9)18-13(7-19-14)8-1-3-10(16)11(17)5-8/h1-6,13,15-17H,7H2. The van der Waals surface area contributed by atoms with E-state index in [0.717, 1.165) is 10.5 Å². The van der Waals surface area contributed by atoms with Crippen molar-refractivity contribution in [1.29, 1.82) is 0 Å². The Labute approximate surface area is 114 Å². The quantitative estimate of drug-likeness (QED) is 0.698. The summed E-state index contributed by atoms with van der Waals surface area (Å²) in [6, 6.07) is 9.68. The fourth-order valence-electron chi connectivity index (χ4n) is 1.97. The van der Waals surface area contributed by atoms with Gasteiger partial charge in [0.2, 0.25) is 0 Å². The van der Waals surface area contributed by atoms with E-state index < -0.39 is 0 Å². The summed E-state index contributed by atoms with van der Waals surface area (Å²) >= 11 is 1.63. The minimum atomic E-state index is -0.217. The predicted octanol–water partition coefficient (Wildman–Crippen LogP) is 3.03. The van der Waals surface area contributed by atoms with E-state index in [0.29, 0.717) is 11.5 Å². The molecule has 1 aliphatic heterocycles. The lowest BCUT2D eigenvalue weighted by atomic mass is 10.1. The van der Waals surface area contributed by atoms with Gasteiger partial charge in [0.25, 0.3) is 0 Å². The maximum absolute atomic E-state index is 9.52. The number of phenols is 3. The Balaban J connectivity index is 1.90. The Morgan fingerprint density at radius 2 is 1.84 bits per heavy atom. The lowest BCUT2D eigenvalue weighted by molar-refractivity contribution is 0.219. The predicted molar refractivity (Wildman–Crippen MR) is 72.0 cm³/mol. The number of thioether (sulfide) groups is 1. The molecule has 0 fully saturated rings. The van der Waals surface area contributed by atoms with Crippen molar-refractivity contribution in [2.24, 2.45) is 0 Å². The molecular formula is C14H12O4S. The average Bonchev–Trinajstić information content (AvgIpc) is 2.41. The van der Waals surface area contributed by atoms with Crippen LogP contribution in [-0.2, 0) is 0 Å². The van der Waals surface area contributed by atoms with E-state index in [1.807, 2.05) is 6.07 Å². The van der Waals surface area contributed by atoms with Crippen molar-refractivity contribution in [3.05, 3.63) is 42.0 Å². The van der Waals surface area contributed by atoms with Gasteiger partial charge in [-0.1, -0.05) is 6.07 Å². The van der Waals surface area contributed by atoms with Gasteiger partial charge in [-0.25, -0.2) is 0 Å². The van der Waals surface area contributed by atoms with E-state index in [9.17, 15) is 15.3 Å². The monoisotopic (exact) mass is 276 g/mol. The Morgan fingerprint density at radius 1 is 1.00 bits per heavy atom. The van der Waals surface area contributed by atoms with Crippen LogP contribution in [0.25, 0.3) is 0 Å². The molecule has 0 spiro atoms. The molecule has 5 heteroatoms. The van der Waals surface area contributed by atoms with Gasteiger partial charge in [-0.2, -0.15) is 0 Å². The summed E-state index contributed by atoms with van der Waals surface area (Å²) in [6.07, 6.45) is -0.217. The van der Waals surface area contributed by atoms with Crippen LogP contribution < -0.4 is 4.74 Å². The number of fused-ring (bicyclic) bond motifs is 1. The molecule has 0 aliphatic carbocycles. The maximum Gasteiger partial charge on any atom is 0.157 e. The molecular weight excluding hydrogens is 264 g/mol. The maximum atomic E-state index is 9.52. The summed E-state index contributed by atoms with van der Waals surface area (Å²) in [7, 11) is 0. The van der Waals surface area contributed by atoms with E-state index in [-0.39, 0.29) is 23.4 Å². The van der Waals surface area contributed by atoms with Gasteiger partial charge in [-0.15, -0.1) is 11.8 Å². The zero-order valence-electron chi connectivity index (χ0n) is 9.91. The lowest BCUT2D eigenvalue weighted by Gasteiger charge is -2.26. The number of hydrogen-bond acceptors (Lipinski definition) is 5. The van der Waals surface area contributed by atoms with Gasteiger partial charge < -0.3 is 20.1 Å². The van der Waals surface area contributed by atoms with Crippen LogP contribution in [0, 0.1) is 0 Å². The molecule has 1 aliphatic rings. The Hall–Kier alpha value is -2.01. The topological polar surface area (TPSA) is 69.9 Å². The molecule has 98 valence electrons. The molecule has 2 aromatic carbocycles. The summed E-state index contributed by atoms with van der Waals surface area (Å²) in [6.45, 7) is 0. The van der Waals surface area contributed by atoms with Crippen molar-refractivity contribution in [3.8, 4) is 23.0 Å². The highest BCUT2D eigenvalue weighted by Gasteiger charge is 2.23. The van der Waals surface area contributed by atoms with Gasteiger partial charge in [-0.05, 0) is 29.8 Å². The Kier molecular flexibility index (Phi) is 2.91. The number of aromatic hydroxyl groups is 3. The van der Waals surface area contributed by atoms with E-state index in [4.69, 9.17) is 4.74 Å². The second-order valence-corrected chi connectivity index (χ2v) is 5.36. The number of hydrogen-bond donors (Lipinski definition) is 3. The minimum Gasteiger partial charge on any atom is -0.508 e. The van der Waals surface area contributed by atoms with Gasteiger partial charge in [0.15, 0.2) is 11.5 Å². The van der Waals surface area contributed by atoms with Gasteiger partial charge >= 0.3 is 0 Å². The Morgan fingerprint density at radius 3 is 2.63 bits per heavy atom. The molecule has 0 amide bonds. The number of rotatable bonds is 1. The van der Waals surface area contributed by atoms with Crippen LogP contribution in [0.2, 0.25) is 0 Å². The first-order chi connectivity index (χ1) is 9.13. The molecule has 1 unspecified atom stereocenters. The zero-order valence-corrected chi connectivity index (χ0v) is 10.7. The fourth-order valence-corrected chi connectivity index (χ4v) is 2.97. The molecule has 0 saturated heterocycles. The largest absolute Gasteiger partial charge is 0.508 e. The molecule has 1 heterocycles. The highest BCUT2D eigenvalue weighted by atomic mass is 32.2. The molecule has 0 bridgehead atoms. The van der Waals surface area contributed by atoms with Crippen molar-refractivity contribution in [2.45, 2.75) is 11.0 Å². The highest BCUT2D eigenvalue weighted by Crippen LogP contribution is 2.42. The molecule has 2 aromatic rings. The highest BCUT2D eigenvalue weighted by molar-refractivity contribution is 7.99. The average molecular weight is 276 g/mol. The summed E-state index contributed by atoms with van der Waals surface area (Å²) in [5, 5.41) is 28.3. The van der Waals surface area contributed by atoms with Crippen molar-refractivity contribution in [3.63, 3.8) is 0 Å². The molecule has 0 radical (unpaired) electrons. The minimum absolute atomic E-state index is 0.148. The number of phenolic OH excluding ortho intramolecular Hbond substituents is 3. The second kappa shape index (κ2) is 4.59. The van der Waals surface area contributed by atoms with Gasteiger partial charge in [0.05, 0.1) is 0 Å². The normalized spacial score (nSPS) is 17.6. The first-order valence-corrected chi connectivity index (χ1v) is 6.76. The van der Waals surface area contributed by atoms with Crippen LogP contribution in [0.1, 0.15) is 11.7 Å². The van der Waals surface area contributed by atoms with E-state index >= 15 is 0 Å². The van der Waals surface area contributed by atoms with Gasteiger partial charge in [0, 0.05) is 16.7 Å². The van der Waals surface area contributed by atoms with Gasteiger partial charge in [-0.3, -0.25) is 0 Å². The first-order valence-electron chi connectivity index (χ1n) is 5.78. The van der Waals surface area contributed by atoms with Gasteiger partial charge in [0.1, 0.15) is 17.6 Å². The molecule has 3 rings (SSSR count). The molecule has 0 saturated carbocycles. The van der Waals surface area contributed by atoms with E-state index in [2.05, 4.69) is 0 Å². The first kappa shape index (κ1) is 12.0. The summed E-state index contributed by atoms with van der Waals surface area (Å²) in [4.78, 5) is 0.983. The van der Waals surface area contributed by atoms with E-state index in [1.165, 1.54) is 12.1 Å². The smallest absolute Gasteiger partial charge is 0.157 e. The SMILES string of the molecule is Oc1ccc2c(c1)OC(c1ccc(O)c(O)c1)CS2. The van der Waals surface area contributed by atoms with Crippen molar-refractivity contribution in [1.82, 2.24) is 0 Å². The second-order valence-electron chi connectivity index (χ2n) is 4.30. The third-order valence-electron chi connectivity index (χ3n) is 2.96. The van der Waals surface area contributed by atoms with Crippen LogP contribution in [-0.4, -0.2) is 21.1 Å². The Bertz CT molecular complexity index is 627. The zero-order chi connectivity index (χ0) is 13.4. The van der Waals surface area contributed by atoms with Crippen molar-refractivity contribution >= 4 is 11.8 Å². The van der Waals surface area contributed by atoms with Crippen molar-refractivity contribution in [2.75, 3.05) is 5.75 Å². The summed E-state index contributed by atoms with van der Waals surface area (Å²) in [5.41, 5.74) is 0.789. The molecule has 4 nitrogen and oxygen atoms in total. The molecule has 3 N–H and O–H groups in total. The third-order valence-corrected chi connectivity index (χ3v) is 4.08. The van der Waals surface area contributed by atoms with Crippen LogP contribution in [0.4, 0.5) is 0 Å². The van der Waals surface area contributed by atoms with Crippen LogP contribution in [0.3, 0.4) is 0 Å². The number of benzene rings is 2. The summed E-state index contributed by atoms with van der Waals surface area (Å²) in [5.74, 6) is 1.20. The molecule has 19 heavy (non-hydrogen) atoms. The van der Waals surface area contributed by atoms with Crippen molar-refractivity contribution < 1.29 is 20.1 Å². The fraction of sp³-hybridized carbons (Fsp3) is 0.143. The van der Waals surface area contributed by atoms with E-state index in [1.54, 1.807) is 30.0 Å². The summed E-state index contributed by atoms with van der Waals surface area (Å²) < 4.78 is 5.82. The van der Waals surface area contributed by atoms with Crippen LogP contribution >= 0.6 is 11.8 Å². The third kappa shape index (κ3) is 2.29. The number of ether oxygens (including phenoxy) is 1. The van der Waals surface area contributed by atoms with Crippen LogP contribution in [0.5, 0.6) is 23.0 Å². The molecule has 0 aromatic heterocycles. The van der Waals surface area contributed by atoms with Crippen LogP contribution in [0.15, 0.2) is 41.3 Å². The molecule has 1 atom stereocenters. The lowest BCUT2D eigenvalue weighted by Crippen LogP contribution is -2.14.